The van der Waals surface area contributed by atoms with Gasteiger partial charge in [0.05, 0.1) is 12.1 Å². The number of hydrogen-bond donors (Lipinski definition) is 0. The highest BCUT2D eigenvalue weighted by Gasteiger charge is 2.02. The minimum atomic E-state index is 0. The monoisotopic (exact) mass is 230 g/mol. The third-order valence-corrected chi connectivity index (χ3v) is 1.71. The van der Waals surface area contributed by atoms with Gasteiger partial charge in [-0.3, -0.25) is 0 Å². The summed E-state index contributed by atoms with van der Waals surface area (Å²) in [6.45, 7) is 0. The second kappa shape index (κ2) is 6.35. The predicted octanol–water partition coefficient (Wildman–Crippen LogP) is 1.62. The number of pyridine rings is 2. The molecule has 0 saturated carbocycles. The quantitative estimate of drug-likeness (QED) is 0.664. The van der Waals surface area contributed by atoms with Crippen LogP contribution in [0.4, 0.5) is 0 Å². The van der Waals surface area contributed by atoms with Gasteiger partial charge >= 0.3 is 0 Å². The normalized spacial score (nSPS) is 8.29. The van der Waals surface area contributed by atoms with E-state index in [9.17, 15) is 0 Å². The molecule has 0 amide bonds. The van der Waals surface area contributed by atoms with E-state index in [0.717, 1.165) is 5.69 Å². The first-order chi connectivity index (χ1) is 5.97. The average molecular weight is 231 g/mol. The van der Waals surface area contributed by atoms with Crippen molar-refractivity contribution >= 4 is 24.8 Å². The number of nitrogens with one attached hydrogen (secondary N) is 1. The Balaban J connectivity index is 0.000000845. The lowest BCUT2D eigenvalue weighted by Gasteiger charge is -1.89. The Morgan fingerprint density at radius 3 is 2.00 bits per heavy atom. The zero-order valence-corrected chi connectivity index (χ0v) is 9.09. The molecule has 0 unspecified atom stereocenters. The predicted molar refractivity (Wildman–Crippen MR) is 59.0 cm³/mol. The van der Waals surface area contributed by atoms with E-state index in [1.807, 2.05) is 55.1 Å². The molecule has 0 aromatic carbocycles. The van der Waals surface area contributed by atoms with Crippen molar-refractivity contribution in [2.75, 3.05) is 0 Å². The van der Waals surface area contributed by atoms with Crippen LogP contribution in [0.25, 0.3) is 5.69 Å². The lowest BCUT2D eigenvalue weighted by molar-refractivity contribution is -0.596. The highest BCUT2D eigenvalue weighted by molar-refractivity contribution is 5.85. The van der Waals surface area contributed by atoms with Crippen molar-refractivity contribution in [2.45, 2.75) is 0 Å². The SMILES string of the molecule is Cl.Cl.c1cc[n+](-c2cc[nH+]cc2)cc1. The van der Waals surface area contributed by atoms with Crippen molar-refractivity contribution < 1.29 is 9.55 Å². The Hall–Kier alpha value is -1.12. The fourth-order valence-electron chi connectivity index (χ4n) is 1.12. The summed E-state index contributed by atoms with van der Waals surface area (Å²) in [7, 11) is 0. The number of nitrogens with zero attached hydrogens (tertiary/aromatic N) is 1. The van der Waals surface area contributed by atoms with Crippen LogP contribution in [0.1, 0.15) is 0 Å². The van der Waals surface area contributed by atoms with E-state index >= 15 is 0 Å². The molecule has 0 spiro atoms. The molecule has 0 aliphatic heterocycles. The molecule has 2 aromatic rings. The maximum Gasteiger partial charge on any atom is 0.222 e. The fraction of sp³-hybridized carbons (Fsp3) is 0. The second-order valence-corrected chi connectivity index (χ2v) is 2.54. The highest BCUT2D eigenvalue weighted by atomic mass is 35.5. The van der Waals surface area contributed by atoms with Crippen LogP contribution in [0.5, 0.6) is 0 Å². The first kappa shape index (κ1) is 12.9. The fourth-order valence-corrected chi connectivity index (χ4v) is 1.12. The summed E-state index contributed by atoms with van der Waals surface area (Å²) in [6.07, 6.45) is 7.87. The summed E-state index contributed by atoms with van der Waals surface area (Å²) < 4.78 is 2.06. The van der Waals surface area contributed by atoms with E-state index in [1.54, 1.807) is 0 Å². The molecule has 0 fully saturated rings. The van der Waals surface area contributed by atoms with Crippen LogP contribution < -0.4 is 9.55 Å². The zero-order chi connectivity index (χ0) is 8.23. The minimum absolute atomic E-state index is 0. The number of aromatic amines is 1. The average Bonchev–Trinajstić information content (AvgIpc) is 2.21. The lowest BCUT2D eigenvalue weighted by atomic mass is 10.4. The van der Waals surface area contributed by atoms with Gasteiger partial charge in [0, 0.05) is 12.1 Å². The van der Waals surface area contributed by atoms with Crippen molar-refractivity contribution in [3.8, 4) is 5.69 Å². The van der Waals surface area contributed by atoms with E-state index in [0.29, 0.717) is 0 Å². The molecule has 0 bridgehead atoms. The van der Waals surface area contributed by atoms with Gasteiger partial charge in [0.1, 0.15) is 0 Å². The Morgan fingerprint density at radius 1 is 0.857 bits per heavy atom. The van der Waals surface area contributed by atoms with Gasteiger partial charge in [-0.15, -0.1) is 24.8 Å². The number of hydrogen-bond acceptors (Lipinski definition) is 0. The summed E-state index contributed by atoms with van der Waals surface area (Å²) >= 11 is 0. The summed E-state index contributed by atoms with van der Waals surface area (Å²) in [5, 5.41) is 0. The number of rotatable bonds is 1. The van der Waals surface area contributed by atoms with Crippen LogP contribution in [-0.4, -0.2) is 0 Å². The van der Waals surface area contributed by atoms with Crippen molar-refractivity contribution in [3.63, 3.8) is 0 Å². The van der Waals surface area contributed by atoms with Gasteiger partial charge in [-0.2, -0.15) is 4.57 Å². The molecule has 1 N–H and O–H groups in total. The van der Waals surface area contributed by atoms with E-state index in [2.05, 4.69) is 9.55 Å². The second-order valence-electron chi connectivity index (χ2n) is 2.54. The summed E-state index contributed by atoms with van der Waals surface area (Å²) in [4.78, 5) is 2.99. The van der Waals surface area contributed by atoms with E-state index < -0.39 is 0 Å². The number of aromatic nitrogens is 2. The van der Waals surface area contributed by atoms with Gasteiger partial charge < -0.3 is 0 Å². The Kier molecular flexibility index (Phi) is 5.84. The third-order valence-electron chi connectivity index (χ3n) is 1.71. The van der Waals surface area contributed by atoms with Crippen molar-refractivity contribution in [1.29, 1.82) is 0 Å². The molecule has 2 aromatic heterocycles. The lowest BCUT2D eigenvalue weighted by Crippen LogP contribution is -2.29. The molecular formula is C10H12Cl2N2+2. The highest BCUT2D eigenvalue weighted by Crippen LogP contribution is 1.91. The summed E-state index contributed by atoms with van der Waals surface area (Å²) in [5.74, 6) is 0. The van der Waals surface area contributed by atoms with Gasteiger partial charge in [-0.1, -0.05) is 6.07 Å². The maximum absolute atomic E-state index is 2.99. The van der Waals surface area contributed by atoms with E-state index in [-0.39, 0.29) is 24.8 Å². The largest absolute Gasteiger partial charge is 0.222 e. The molecule has 0 saturated heterocycles. The number of H-pyrrole nitrogens is 1. The Labute approximate surface area is 95.4 Å². The first-order valence-corrected chi connectivity index (χ1v) is 3.89. The summed E-state index contributed by atoms with van der Waals surface area (Å²) in [6, 6.07) is 10.1. The number of halogens is 2. The molecule has 0 radical (unpaired) electrons. The Morgan fingerprint density at radius 2 is 1.43 bits per heavy atom. The summed E-state index contributed by atoms with van der Waals surface area (Å²) in [5.41, 5.74) is 1.16. The van der Waals surface area contributed by atoms with Gasteiger partial charge in [-0.05, 0) is 0 Å². The van der Waals surface area contributed by atoms with Crippen LogP contribution in [0.2, 0.25) is 0 Å². The molecule has 14 heavy (non-hydrogen) atoms. The minimum Gasteiger partial charge on any atom is -0.217 e. The molecule has 0 aliphatic carbocycles. The zero-order valence-electron chi connectivity index (χ0n) is 7.46. The molecule has 2 rings (SSSR count). The molecule has 4 heteroatoms. The maximum atomic E-state index is 2.99. The van der Waals surface area contributed by atoms with E-state index in [1.165, 1.54) is 0 Å². The van der Waals surface area contributed by atoms with Crippen molar-refractivity contribution in [2.24, 2.45) is 0 Å². The van der Waals surface area contributed by atoms with Gasteiger partial charge in [-0.25, -0.2) is 4.98 Å². The van der Waals surface area contributed by atoms with Crippen LogP contribution in [0.3, 0.4) is 0 Å². The van der Waals surface area contributed by atoms with Crippen LogP contribution >= 0.6 is 24.8 Å². The first-order valence-electron chi connectivity index (χ1n) is 3.89. The topological polar surface area (TPSA) is 18.0 Å². The molecule has 2 nitrogen and oxygen atoms in total. The van der Waals surface area contributed by atoms with Crippen molar-refractivity contribution in [3.05, 3.63) is 55.1 Å². The third kappa shape index (κ3) is 2.98. The molecule has 0 aliphatic rings. The molecule has 2 heterocycles. The van der Waals surface area contributed by atoms with Crippen LogP contribution in [0, 0.1) is 0 Å². The van der Waals surface area contributed by atoms with Crippen molar-refractivity contribution in [1.82, 2.24) is 0 Å². The molecule has 0 atom stereocenters. The van der Waals surface area contributed by atoms with Gasteiger partial charge in [0.2, 0.25) is 5.69 Å². The van der Waals surface area contributed by atoms with Gasteiger partial charge in [0.15, 0.2) is 24.8 Å². The smallest absolute Gasteiger partial charge is 0.217 e. The van der Waals surface area contributed by atoms with Gasteiger partial charge in [0.25, 0.3) is 0 Å². The van der Waals surface area contributed by atoms with E-state index in [4.69, 9.17) is 0 Å². The van der Waals surface area contributed by atoms with Crippen LogP contribution in [0.15, 0.2) is 55.1 Å². The van der Waals surface area contributed by atoms with Crippen LogP contribution in [-0.2, 0) is 0 Å². The molecule has 74 valence electrons. The Bertz CT molecular complexity index is 314. The standard InChI is InChI=1S/C10H9N2.2ClH/c1-2-8-12(9-3-1)10-4-6-11-7-5-10;;/h1-9H;2*1H/q+1;;/p+1. The molecular weight excluding hydrogens is 219 g/mol.